The quantitative estimate of drug-likeness (QED) is 0.619. The van der Waals surface area contributed by atoms with Crippen LogP contribution in [0.15, 0.2) is 51.7 Å². The Labute approximate surface area is 174 Å². The van der Waals surface area contributed by atoms with Gasteiger partial charge in [-0.1, -0.05) is 31.2 Å². The van der Waals surface area contributed by atoms with Crippen molar-refractivity contribution in [2.24, 2.45) is 0 Å². The van der Waals surface area contributed by atoms with Gasteiger partial charge in [0.2, 0.25) is 5.76 Å². The highest BCUT2D eigenvalue weighted by molar-refractivity contribution is 5.99. The number of rotatable bonds is 6. The van der Waals surface area contributed by atoms with Crippen molar-refractivity contribution in [2.75, 3.05) is 27.2 Å². The molecule has 0 saturated heterocycles. The van der Waals surface area contributed by atoms with Gasteiger partial charge in [0, 0.05) is 6.54 Å². The SMILES string of the molecule is CCc1ccc([C@@H]2c3c(oc4ccc(F)cc4c3=O)C(=O)N2CCCN(C)C)cc1. The van der Waals surface area contributed by atoms with Gasteiger partial charge in [-0.2, -0.15) is 0 Å². The van der Waals surface area contributed by atoms with Crippen molar-refractivity contribution in [2.45, 2.75) is 25.8 Å². The summed E-state index contributed by atoms with van der Waals surface area (Å²) in [5.74, 6) is -0.740. The fraction of sp³-hybridized carbons (Fsp3) is 0.333. The molecule has 0 fully saturated rings. The number of halogens is 1. The summed E-state index contributed by atoms with van der Waals surface area (Å²) in [4.78, 5) is 30.3. The standard InChI is InChI=1S/C24H25FN2O3/c1-4-15-6-8-16(9-7-15)21-20-22(28)18-14-17(25)10-11-19(18)30-23(20)24(29)27(21)13-5-12-26(2)3/h6-11,14,21H,4-5,12-13H2,1-3H3/t21-/m1/s1. The Morgan fingerprint density at radius 1 is 1.10 bits per heavy atom. The zero-order valence-corrected chi connectivity index (χ0v) is 17.4. The monoisotopic (exact) mass is 408 g/mol. The Morgan fingerprint density at radius 2 is 1.83 bits per heavy atom. The maximum atomic E-state index is 13.8. The Kier molecular flexibility index (Phi) is 5.43. The van der Waals surface area contributed by atoms with E-state index in [0.717, 1.165) is 24.9 Å². The van der Waals surface area contributed by atoms with Gasteiger partial charge in [0.25, 0.3) is 5.91 Å². The normalized spacial score (nSPS) is 16.0. The van der Waals surface area contributed by atoms with E-state index >= 15 is 0 Å². The molecule has 0 spiro atoms. The van der Waals surface area contributed by atoms with Crippen LogP contribution in [-0.2, 0) is 6.42 Å². The highest BCUT2D eigenvalue weighted by Crippen LogP contribution is 2.38. The summed E-state index contributed by atoms with van der Waals surface area (Å²) < 4.78 is 19.6. The number of carbonyl (C=O) groups excluding carboxylic acids is 1. The highest BCUT2D eigenvalue weighted by atomic mass is 19.1. The van der Waals surface area contributed by atoms with Crippen LogP contribution in [0.3, 0.4) is 0 Å². The number of hydrogen-bond acceptors (Lipinski definition) is 4. The molecule has 2 heterocycles. The van der Waals surface area contributed by atoms with Crippen LogP contribution in [-0.4, -0.2) is 42.9 Å². The van der Waals surface area contributed by atoms with Crippen molar-refractivity contribution < 1.29 is 13.6 Å². The topological polar surface area (TPSA) is 53.8 Å². The zero-order valence-electron chi connectivity index (χ0n) is 17.4. The number of benzene rings is 2. The maximum Gasteiger partial charge on any atom is 0.290 e. The minimum Gasteiger partial charge on any atom is -0.450 e. The molecule has 1 aromatic heterocycles. The molecule has 0 unspecified atom stereocenters. The third-order valence-electron chi connectivity index (χ3n) is 5.64. The lowest BCUT2D eigenvalue weighted by Gasteiger charge is -2.26. The summed E-state index contributed by atoms with van der Waals surface area (Å²) in [7, 11) is 3.96. The van der Waals surface area contributed by atoms with E-state index in [1.807, 2.05) is 38.4 Å². The van der Waals surface area contributed by atoms with Crippen LogP contribution in [0.1, 0.15) is 46.6 Å². The zero-order chi connectivity index (χ0) is 21.4. The van der Waals surface area contributed by atoms with E-state index in [2.05, 4.69) is 11.8 Å². The molecule has 0 radical (unpaired) electrons. The smallest absolute Gasteiger partial charge is 0.290 e. The summed E-state index contributed by atoms with van der Waals surface area (Å²) in [6.45, 7) is 3.38. The first-order chi connectivity index (χ1) is 14.4. The highest BCUT2D eigenvalue weighted by Gasteiger charge is 2.42. The summed E-state index contributed by atoms with van der Waals surface area (Å²) >= 11 is 0. The fourth-order valence-corrected chi connectivity index (χ4v) is 4.06. The lowest BCUT2D eigenvalue weighted by molar-refractivity contribution is 0.0722. The summed E-state index contributed by atoms with van der Waals surface area (Å²) in [5, 5.41) is 0.159. The van der Waals surface area contributed by atoms with Crippen LogP contribution in [0.4, 0.5) is 4.39 Å². The number of aryl methyl sites for hydroxylation is 1. The summed E-state index contributed by atoms with van der Waals surface area (Å²) in [5.41, 5.74) is 2.21. The molecule has 3 aromatic rings. The van der Waals surface area contributed by atoms with Crippen molar-refractivity contribution in [1.29, 1.82) is 0 Å². The van der Waals surface area contributed by atoms with Gasteiger partial charge in [-0.05, 0) is 62.8 Å². The van der Waals surface area contributed by atoms with E-state index in [9.17, 15) is 14.0 Å². The second-order valence-electron chi connectivity index (χ2n) is 7.97. The van der Waals surface area contributed by atoms with Gasteiger partial charge >= 0.3 is 0 Å². The fourth-order valence-electron chi connectivity index (χ4n) is 4.06. The predicted molar refractivity (Wildman–Crippen MR) is 114 cm³/mol. The maximum absolute atomic E-state index is 13.8. The Balaban J connectivity index is 1.86. The average molecular weight is 408 g/mol. The molecule has 1 aliphatic heterocycles. The molecule has 1 amide bonds. The third kappa shape index (κ3) is 3.52. The molecule has 30 heavy (non-hydrogen) atoms. The Hall–Kier alpha value is -2.99. The molecule has 0 N–H and O–H groups in total. The van der Waals surface area contributed by atoms with E-state index in [1.165, 1.54) is 23.8 Å². The number of amides is 1. The molecule has 4 rings (SSSR count). The summed E-state index contributed by atoms with van der Waals surface area (Å²) in [6, 6.07) is 11.2. The minimum atomic E-state index is -0.538. The van der Waals surface area contributed by atoms with E-state index in [0.29, 0.717) is 12.1 Å². The van der Waals surface area contributed by atoms with Gasteiger partial charge in [0.1, 0.15) is 11.4 Å². The lowest BCUT2D eigenvalue weighted by atomic mass is 9.97. The van der Waals surface area contributed by atoms with E-state index < -0.39 is 11.9 Å². The number of hydrogen-bond donors (Lipinski definition) is 0. The molecule has 0 saturated carbocycles. The molecular weight excluding hydrogens is 383 g/mol. The molecule has 2 aromatic carbocycles. The van der Waals surface area contributed by atoms with Crippen molar-refractivity contribution in [3.63, 3.8) is 0 Å². The van der Waals surface area contributed by atoms with Crippen LogP contribution in [0.2, 0.25) is 0 Å². The van der Waals surface area contributed by atoms with Crippen LogP contribution >= 0.6 is 0 Å². The van der Waals surface area contributed by atoms with Crippen molar-refractivity contribution in [1.82, 2.24) is 9.80 Å². The van der Waals surface area contributed by atoms with Gasteiger partial charge in [-0.3, -0.25) is 9.59 Å². The number of nitrogens with zero attached hydrogens (tertiary/aromatic N) is 2. The van der Waals surface area contributed by atoms with Crippen LogP contribution in [0, 0.1) is 5.82 Å². The Bertz CT molecular complexity index is 1150. The molecule has 6 heteroatoms. The molecular formula is C24H25FN2O3. The molecule has 5 nitrogen and oxygen atoms in total. The predicted octanol–water partition coefficient (Wildman–Crippen LogP) is 3.99. The minimum absolute atomic E-state index is 0.0635. The molecule has 0 bridgehead atoms. The van der Waals surface area contributed by atoms with Crippen LogP contribution < -0.4 is 5.43 Å². The first-order valence-electron chi connectivity index (χ1n) is 10.2. The molecule has 156 valence electrons. The van der Waals surface area contributed by atoms with Gasteiger partial charge < -0.3 is 14.2 Å². The summed E-state index contributed by atoms with van der Waals surface area (Å²) in [6.07, 6.45) is 1.66. The lowest BCUT2D eigenvalue weighted by Crippen LogP contribution is -2.32. The van der Waals surface area contributed by atoms with Crippen molar-refractivity contribution in [3.05, 3.63) is 81.0 Å². The second-order valence-corrected chi connectivity index (χ2v) is 7.97. The number of fused-ring (bicyclic) bond motifs is 2. The largest absolute Gasteiger partial charge is 0.450 e. The van der Waals surface area contributed by atoms with E-state index in [-0.39, 0.29) is 28.1 Å². The van der Waals surface area contributed by atoms with Crippen molar-refractivity contribution >= 4 is 16.9 Å². The Morgan fingerprint density at radius 3 is 2.50 bits per heavy atom. The van der Waals surface area contributed by atoms with Gasteiger partial charge in [-0.15, -0.1) is 0 Å². The van der Waals surface area contributed by atoms with Gasteiger partial charge in [0.05, 0.1) is 17.0 Å². The third-order valence-corrected chi connectivity index (χ3v) is 5.64. The first-order valence-corrected chi connectivity index (χ1v) is 10.2. The van der Waals surface area contributed by atoms with E-state index in [1.54, 1.807) is 4.90 Å². The molecule has 1 atom stereocenters. The average Bonchev–Trinajstić information content (AvgIpc) is 3.01. The second kappa shape index (κ2) is 8.03. The van der Waals surface area contributed by atoms with Gasteiger partial charge in [-0.25, -0.2) is 4.39 Å². The molecule has 1 aliphatic rings. The molecule has 0 aliphatic carbocycles. The van der Waals surface area contributed by atoms with Crippen molar-refractivity contribution in [3.8, 4) is 0 Å². The number of carbonyl (C=O) groups is 1. The van der Waals surface area contributed by atoms with Gasteiger partial charge in [0.15, 0.2) is 5.43 Å². The van der Waals surface area contributed by atoms with Crippen LogP contribution in [0.25, 0.3) is 11.0 Å². The van der Waals surface area contributed by atoms with Crippen LogP contribution in [0.5, 0.6) is 0 Å². The van der Waals surface area contributed by atoms with E-state index in [4.69, 9.17) is 4.42 Å². The first kappa shape index (κ1) is 20.3.